The summed E-state index contributed by atoms with van der Waals surface area (Å²) in [6, 6.07) is 0. The molecule has 0 heterocycles. The summed E-state index contributed by atoms with van der Waals surface area (Å²) in [4.78, 5) is 0. The predicted molar refractivity (Wildman–Crippen MR) is 9.94 cm³/mol. The van der Waals surface area contributed by atoms with Crippen molar-refractivity contribution in [2.45, 2.75) is 0 Å². The molecule has 1 radical (unpaired) electrons. The second-order valence-electron chi connectivity index (χ2n) is 0. The Morgan fingerprint density at radius 1 is 1.00 bits per heavy atom. The minimum absolute atomic E-state index is 0. The van der Waals surface area contributed by atoms with Gasteiger partial charge in [-0.2, -0.15) is 0 Å². The van der Waals surface area contributed by atoms with E-state index in [9.17, 15) is 0 Å². The molecular formula is H3BCoFeRu. The van der Waals surface area contributed by atoms with E-state index in [1.807, 2.05) is 0 Å². The Hall–Kier alpha value is 1.71. The summed E-state index contributed by atoms with van der Waals surface area (Å²) in [5, 5.41) is 0. The molecule has 0 aliphatic rings. The Bertz CT molecular complexity index is 8.00. The van der Waals surface area contributed by atoms with Gasteiger partial charge in [0.2, 0.25) is 0 Å². The molecule has 0 fully saturated rings. The van der Waals surface area contributed by atoms with Crippen LogP contribution < -0.4 is 0 Å². The minimum atomic E-state index is 0. The van der Waals surface area contributed by atoms with Crippen LogP contribution in [0.4, 0.5) is 0 Å². The molecule has 0 aliphatic carbocycles. The normalized spacial score (nSPS) is 0. The molecule has 0 amide bonds. The van der Waals surface area contributed by atoms with E-state index in [4.69, 9.17) is 0 Å². The molecule has 0 aromatic heterocycles. The van der Waals surface area contributed by atoms with E-state index >= 15 is 0 Å². The standard InChI is InChI=1S/BH3.Co.Fe.Ru/h1H3;;;. The van der Waals surface area contributed by atoms with Crippen molar-refractivity contribution in [3.05, 3.63) is 0 Å². The molecule has 0 saturated heterocycles. The summed E-state index contributed by atoms with van der Waals surface area (Å²) in [7, 11) is 0. The number of hydrogen-bond donors (Lipinski definition) is 0. The Balaban J connectivity index is 0. The fourth-order valence-electron chi connectivity index (χ4n) is 0. The van der Waals surface area contributed by atoms with Gasteiger partial charge in [0.05, 0.1) is 8.41 Å². The maximum atomic E-state index is 0. The van der Waals surface area contributed by atoms with E-state index in [1.165, 1.54) is 0 Å². The SMILES string of the molecule is B.[Co].[Fe].[Ru]. The van der Waals surface area contributed by atoms with Crippen LogP contribution in [0.15, 0.2) is 0 Å². The van der Waals surface area contributed by atoms with Gasteiger partial charge in [-0.1, -0.05) is 0 Å². The molecule has 0 rings (SSSR count). The van der Waals surface area contributed by atoms with Gasteiger partial charge in [0.25, 0.3) is 0 Å². The maximum Gasteiger partial charge on any atom is 0.0814 e. The van der Waals surface area contributed by atoms with Crippen molar-refractivity contribution in [3.8, 4) is 0 Å². The molecule has 0 aromatic rings. The van der Waals surface area contributed by atoms with E-state index in [2.05, 4.69) is 0 Å². The van der Waals surface area contributed by atoms with Gasteiger partial charge in [-0.15, -0.1) is 0 Å². The summed E-state index contributed by atoms with van der Waals surface area (Å²) in [5.74, 6) is 0. The monoisotopic (exact) mass is 231 g/mol. The van der Waals surface area contributed by atoms with Gasteiger partial charge in [0, 0.05) is 53.3 Å². The Morgan fingerprint density at radius 3 is 1.00 bits per heavy atom. The van der Waals surface area contributed by atoms with Crippen LogP contribution in [0.1, 0.15) is 0 Å². The molecule has 4 heavy (non-hydrogen) atoms. The zero-order valence-corrected chi connectivity index (χ0v) is 4.92. The van der Waals surface area contributed by atoms with Crippen LogP contribution in [-0.2, 0) is 53.3 Å². The molecule has 0 unspecified atom stereocenters. The molecule has 0 saturated carbocycles. The van der Waals surface area contributed by atoms with Crippen LogP contribution in [0, 0.1) is 0 Å². The molecule has 4 heteroatoms. The van der Waals surface area contributed by atoms with Crippen molar-refractivity contribution in [2.75, 3.05) is 0 Å². The van der Waals surface area contributed by atoms with Crippen molar-refractivity contribution in [1.82, 2.24) is 0 Å². The van der Waals surface area contributed by atoms with E-state index < -0.39 is 0 Å². The van der Waals surface area contributed by atoms with Gasteiger partial charge in [0.15, 0.2) is 0 Å². The quantitative estimate of drug-likeness (QED) is 0.459. The summed E-state index contributed by atoms with van der Waals surface area (Å²) < 4.78 is 0. The second kappa shape index (κ2) is 22.1. The molecule has 0 atom stereocenters. The molecular weight excluding hydrogens is 227 g/mol. The van der Waals surface area contributed by atoms with Crippen LogP contribution in [0.5, 0.6) is 0 Å². The van der Waals surface area contributed by atoms with Gasteiger partial charge >= 0.3 is 0 Å². The van der Waals surface area contributed by atoms with Crippen molar-refractivity contribution in [1.29, 1.82) is 0 Å². The van der Waals surface area contributed by atoms with Crippen molar-refractivity contribution < 1.29 is 53.3 Å². The zero-order chi connectivity index (χ0) is 0. The largest absolute Gasteiger partial charge is 0.0814 e. The van der Waals surface area contributed by atoms with Crippen LogP contribution in [-0.4, -0.2) is 8.41 Å². The second-order valence-corrected chi connectivity index (χ2v) is 0. The van der Waals surface area contributed by atoms with Gasteiger partial charge in [-0.3, -0.25) is 0 Å². The third kappa shape index (κ3) is 9.31. The first-order chi connectivity index (χ1) is 0. The molecule has 31 valence electrons. The van der Waals surface area contributed by atoms with Gasteiger partial charge < -0.3 is 0 Å². The Morgan fingerprint density at radius 2 is 1.00 bits per heavy atom. The fourth-order valence-corrected chi connectivity index (χ4v) is 0. The Labute approximate surface area is 61.5 Å². The Kier molecular flexibility index (Phi) is 239. The molecule has 0 nitrogen and oxygen atoms in total. The third-order valence-electron chi connectivity index (χ3n) is 0. The molecule has 0 aliphatic heterocycles. The van der Waals surface area contributed by atoms with Crippen LogP contribution >= 0.6 is 0 Å². The summed E-state index contributed by atoms with van der Waals surface area (Å²) in [5.41, 5.74) is 0. The first-order valence-corrected chi connectivity index (χ1v) is 0. The van der Waals surface area contributed by atoms with Crippen LogP contribution in [0.2, 0.25) is 0 Å². The molecule has 0 bridgehead atoms. The average molecular weight is 230 g/mol. The fraction of sp³-hybridized carbons (Fsp3) is 0. The topological polar surface area (TPSA) is 0 Å². The molecule has 0 aromatic carbocycles. The summed E-state index contributed by atoms with van der Waals surface area (Å²) >= 11 is 0. The van der Waals surface area contributed by atoms with Crippen LogP contribution in [0.25, 0.3) is 0 Å². The van der Waals surface area contributed by atoms with Gasteiger partial charge in [-0.25, -0.2) is 0 Å². The average Bonchev–Trinajstić information content (AvgIpc) is 0. The molecule has 0 N–H and O–H groups in total. The number of hydrogen-bond acceptors (Lipinski definition) is 0. The predicted octanol–water partition coefficient (Wildman–Crippen LogP) is -1.19. The maximum absolute atomic E-state index is 0. The summed E-state index contributed by atoms with van der Waals surface area (Å²) in [6.45, 7) is 0. The molecule has 0 spiro atoms. The van der Waals surface area contributed by atoms with Gasteiger partial charge in [-0.05, 0) is 0 Å². The zero-order valence-electron chi connectivity index (χ0n) is 1.04. The summed E-state index contributed by atoms with van der Waals surface area (Å²) in [6.07, 6.45) is 0. The van der Waals surface area contributed by atoms with Crippen LogP contribution in [0.3, 0.4) is 0 Å². The first-order valence-electron chi connectivity index (χ1n) is 0. The van der Waals surface area contributed by atoms with Crippen molar-refractivity contribution >= 4 is 8.41 Å². The van der Waals surface area contributed by atoms with Crippen molar-refractivity contribution in [3.63, 3.8) is 0 Å². The number of rotatable bonds is 0. The van der Waals surface area contributed by atoms with E-state index in [0.717, 1.165) is 0 Å². The van der Waals surface area contributed by atoms with Gasteiger partial charge in [0.1, 0.15) is 0 Å². The van der Waals surface area contributed by atoms with E-state index in [1.54, 1.807) is 0 Å². The van der Waals surface area contributed by atoms with E-state index in [0.29, 0.717) is 0 Å². The smallest absolute Gasteiger partial charge is 0 e. The third-order valence-corrected chi connectivity index (χ3v) is 0. The van der Waals surface area contributed by atoms with Crippen molar-refractivity contribution in [2.24, 2.45) is 0 Å². The first kappa shape index (κ1) is 43.2. The minimum Gasteiger partial charge on any atom is 0 e. The van der Waals surface area contributed by atoms with E-state index in [-0.39, 0.29) is 61.7 Å².